The lowest BCUT2D eigenvalue weighted by Crippen LogP contribution is -2.38. The SMILES string of the molecule is CN1CCCC1CC(=O)N1CCc2c(-c3ccccc3)nn(C)c2CC1. The van der Waals surface area contributed by atoms with E-state index in [0.717, 1.165) is 50.2 Å². The quantitative estimate of drug-likeness (QED) is 0.852. The van der Waals surface area contributed by atoms with Crippen molar-refractivity contribution < 1.29 is 4.79 Å². The van der Waals surface area contributed by atoms with E-state index in [2.05, 4.69) is 41.1 Å². The van der Waals surface area contributed by atoms with Crippen LogP contribution in [0.4, 0.5) is 0 Å². The molecule has 1 aromatic heterocycles. The zero-order chi connectivity index (χ0) is 18.1. The predicted molar refractivity (Wildman–Crippen MR) is 103 cm³/mol. The highest BCUT2D eigenvalue weighted by Crippen LogP contribution is 2.28. The van der Waals surface area contributed by atoms with Crippen molar-refractivity contribution >= 4 is 5.91 Å². The number of aromatic nitrogens is 2. The van der Waals surface area contributed by atoms with Crippen molar-refractivity contribution in [3.8, 4) is 11.3 Å². The fraction of sp³-hybridized carbons (Fsp3) is 0.524. The van der Waals surface area contributed by atoms with Gasteiger partial charge in [-0.25, -0.2) is 0 Å². The summed E-state index contributed by atoms with van der Waals surface area (Å²) in [7, 11) is 4.16. The number of aryl methyl sites for hydroxylation is 1. The van der Waals surface area contributed by atoms with E-state index >= 15 is 0 Å². The third kappa shape index (κ3) is 3.28. The van der Waals surface area contributed by atoms with Gasteiger partial charge in [0.2, 0.25) is 5.91 Å². The van der Waals surface area contributed by atoms with Crippen molar-refractivity contribution in [1.82, 2.24) is 19.6 Å². The van der Waals surface area contributed by atoms with E-state index in [-0.39, 0.29) is 0 Å². The summed E-state index contributed by atoms with van der Waals surface area (Å²) in [5.74, 6) is 0.311. The number of nitrogens with zero attached hydrogens (tertiary/aromatic N) is 4. The van der Waals surface area contributed by atoms with Gasteiger partial charge in [0.25, 0.3) is 0 Å². The molecule has 0 aliphatic carbocycles. The van der Waals surface area contributed by atoms with E-state index < -0.39 is 0 Å². The van der Waals surface area contributed by atoms with Crippen molar-refractivity contribution in [2.45, 2.75) is 38.1 Å². The molecule has 1 aromatic carbocycles. The maximum Gasteiger partial charge on any atom is 0.224 e. The van der Waals surface area contributed by atoms with Crippen LogP contribution in [0.2, 0.25) is 0 Å². The molecule has 0 saturated carbocycles. The van der Waals surface area contributed by atoms with E-state index in [1.165, 1.54) is 17.7 Å². The highest BCUT2D eigenvalue weighted by Gasteiger charge is 2.28. The number of carbonyl (C=O) groups excluding carboxylic acids is 1. The van der Waals surface area contributed by atoms with E-state index in [4.69, 9.17) is 5.10 Å². The van der Waals surface area contributed by atoms with Gasteiger partial charge >= 0.3 is 0 Å². The topological polar surface area (TPSA) is 41.4 Å². The van der Waals surface area contributed by atoms with Crippen molar-refractivity contribution in [2.24, 2.45) is 7.05 Å². The van der Waals surface area contributed by atoms with Gasteiger partial charge in [0, 0.05) is 55.8 Å². The lowest BCUT2D eigenvalue weighted by atomic mass is 10.0. The molecule has 0 bridgehead atoms. The third-order valence-electron chi connectivity index (χ3n) is 6.01. The highest BCUT2D eigenvalue weighted by atomic mass is 16.2. The van der Waals surface area contributed by atoms with Crippen LogP contribution in [0.15, 0.2) is 30.3 Å². The standard InChI is InChI=1S/C21H28N4O/c1-23-12-6-9-17(23)15-20(26)25-13-10-18-19(11-14-25)24(2)22-21(18)16-7-4-3-5-8-16/h3-5,7-8,17H,6,9-15H2,1-2H3. The maximum absolute atomic E-state index is 12.8. The molecule has 1 amide bonds. The second-order valence-electron chi connectivity index (χ2n) is 7.63. The Morgan fingerprint density at radius 3 is 2.62 bits per heavy atom. The number of hydrogen-bond acceptors (Lipinski definition) is 3. The molecule has 1 unspecified atom stereocenters. The van der Waals surface area contributed by atoms with Gasteiger partial charge in [0.15, 0.2) is 0 Å². The van der Waals surface area contributed by atoms with Crippen LogP contribution in [0.25, 0.3) is 11.3 Å². The van der Waals surface area contributed by atoms with Crippen LogP contribution >= 0.6 is 0 Å². The zero-order valence-electron chi connectivity index (χ0n) is 15.8. The van der Waals surface area contributed by atoms with Crippen molar-refractivity contribution in [3.05, 3.63) is 41.6 Å². The lowest BCUT2D eigenvalue weighted by Gasteiger charge is -2.25. The molecular weight excluding hydrogens is 324 g/mol. The Labute approximate surface area is 155 Å². The summed E-state index contributed by atoms with van der Waals surface area (Å²) in [6.45, 7) is 2.72. The first kappa shape index (κ1) is 17.3. The van der Waals surface area contributed by atoms with Gasteiger partial charge in [-0.15, -0.1) is 0 Å². The van der Waals surface area contributed by atoms with E-state index in [0.29, 0.717) is 18.4 Å². The summed E-state index contributed by atoms with van der Waals surface area (Å²) in [5, 5.41) is 4.77. The molecule has 26 heavy (non-hydrogen) atoms. The van der Waals surface area contributed by atoms with Crippen LogP contribution < -0.4 is 0 Å². The van der Waals surface area contributed by atoms with Gasteiger partial charge in [-0.1, -0.05) is 30.3 Å². The van der Waals surface area contributed by atoms with Gasteiger partial charge in [-0.3, -0.25) is 9.48 Å². The van der Waals surface area contributed by atoms with Gasteiger partial charge in [0.05, 0.1) is 5.69 Å². The number of likely N-dealkylation sites (tertiary alicyclic amines) is 1. The van der Waals surface area contributed by atoms with Crippen molar-refractivity contribution in [3.63, 3.8) is 0 Å². The van der Waals surface area contributed by atoms with E-state index in [1.807, 2.05) is 17.8 Å². The largest absolute Gasteiger partial charge is 0.342 e. The van der Waals surface area contributed by atoms with Crippen LogP contribution in [-0.4, -0.2) is 58.2 Å². The normalized spacial score (nSPS) is 20.8. The predicted octanol–water partition coefficient (Wildman–Crippen LogP) is 2.50. The number of carbonyl (C=O) groups is 1. The number of hydrogen-bond donors (Lipinski definition) is 0. The average molecular weight is 352 g/mol. The summed E-state index contributed by atoms with van der Waals surface area (Å²) in [4.78, 5) is 17.2. The molecule has 2 aliphatic heterocycles. The van der Waals surface area contributed by atoms with E-state index in [9.17, 15) is 4.79 Å². The highest BCUT2D eigenvalue weighted by molar-refractivity contribution is 5.77. The molecule has 138 valence electrons. The molecule has 0 N–H and O–H groups in total. The molecule has 0 radical (unpaired) electrons. The number of benzene rings is 1. The third-order valence-corrected chi connectivity index (χ3v) is 6.01. The van der Waals surface area contributed by atoms with Crippen LogP contribution in [0, 0.1) is 0 Å². The first-order chi connectivity index (χ1) is 12.6. The Hall–Kier alpha value is -2.14. The molecule has 1 fully saturated rings. The average Bonchev–Trinajstić information content (AvgIpc) is 3.10. The molecule has 1 atom stereocenters. The Morgan fingerprint density at radius 2 is 1.88 bits per heavy atom. The number of rotatable bonds is 3. The molecular formula is C21H28N4O. The van der Waals surface area contributed by atoms with Gasteiger partial charge in [-0.2, -0.15) is 5.10 Å². The fourth-order valence-corrected chi connectivity index (χ4v) is 4.42. The fourth-order valence-electron chi connectivity index (χ4n) is 4.42. The van der Waals surface area contributed by atoms with E-state index in [1.54, 1.807) is 0 Å². The molecule has 2 aromatic rings. The summed E-state index contributed by atoms with van der Waals surface area (Å²) >= 11 is 0. The minimum atomic E-state index is 0.311. The summed E-state index contributed by atoms with van der Waals surface area (Å²) in [6, 6.07) is 10.8. The Kier molecular flexibility index (Phi) is 4.81. The molecule has 5 nitrogen and oxygen atoms in total. The first-order valence-electron chi connectivity index (χ1n) is 9.71. The van der Waals surface area contributed by atoms with Gasteiger partial charge in [0.1, 0.15) is 0 Å². The summed E-state index contributed by atoms with van der Waals surface area (Å²) in [5.41, 5.74) is 4.83. The molecule has 0 spiro atoms. The molecule has 3 heterocycles. The second-order valence-corrected chi connectivity index (χ2v) is 7.63. The number of fused-ring (bicyclic) bond motifs is 1. The van der Waals surface area contributed by atoms with Crippen molar-refractivity contribution in [1.29, 1.82) is 0 Å². The Balaban J connectivity index is 1.50. The molecule has 4 rings (SSSR count). The minimum absolute atomic E-state index is 0.311. The van der Waals surface area contributed by atoms with Gasteiger partial charge in [-0.05, 0) is 32.9 Å². The lowest BCUT2D eigenvalue weighted by molar-refractivity contribution is -0.132. The smallest absolute Gasteiger partial charge is 0.224 e. The zero-order valence-corrected chi connectivity index (χ0v) is 15.8. The van der Waals surface area contributed by atoms with Crippen LogP contribution in [0.1, 0.15) is 30.5 Å². The Morgan fingerprint density at radius 1 is 1.12 bits per heavy atom. The molecule has 2 aliphatic rings. The summed E-state index contributed by atoms with van der Waals surface area (Å²) < 4.78 is 2.01. The van der Waals surface area contributed by atoms with Crippen LogP contribution in [-0.2, 0) is 24.7 Å². The summed E-state index contributed by atoms with van der Waals surface area (Å²) in [6.07, 6.45) is 4.80. The van der Waals surface area contributed by atoms with Gasteiger partial charge < -0.3 is 9.80 Å². The monoisotopic (exact) mass is 352 g/mol. The van der Waals surface area contributed by atoms with Crippen molar-refractivity contribution in [2.75, 3.05) is 26.7 Å². The molecule has 1 saturated heterocycles. The Bertz CT molecular complexity index is 783. The second kappa shape index (κ2) is 7.23. The van der Waals surface area contributed by atoms with Crippen LogP contribution in [0.5, 0.6) is 0 Å². The maximum atomic E-state index is 12.8. The number of amides is 1. The minimum Gasteiger partial charge on any atom is -0.342 e. The first-order valence-corrected chi connectivity index (χ1v) is 9.71. The van der Waals surface area contributed by atoms with Crippen LogP contribution in [0.3, 0.4) is 0 Å². The molecule has 5 heteroatoms.